The van der Waals surface area contributed by atoms with E-state index in [1.54, 1.807) is 86.0 Å². The largest absolute Gasteiger partial charge is 0.497 e. The minimum Gasteiger partial charge on any atom is -0.497 e. The maximum atomic E-state index is 15.5. The lowest BCUT2D eigenvalue weighted by Crippen LogP contribution is -2.32. The van der Waals surface area contributed by atoms with Gasteiger partial charge in [-0.2, -0.15) is 9.10 Å². The molecule has 0 radical (unpaired) electrons. The normalized spacial score (nSPS) is 11.9. The first-order chi connectivity index (χ1) is 26.9. The molecule has 0 unspecified atom stereocenters. The number of nitrogens with two attached hydrogens (primary N) is 2. The lowest BCUT2D eigenvalue weighted by atomic mass is 9.98. The molecular formula is C38H37N9O7S2. The summed E-state index contributed by atoms with van der Waals surface area (Å²) in [4.78, 5) is 7.43. The topological polar surface area (TPSA) is 224 Å². The van der Waals surface area contributed by atoms with Crippen molar-refractivity contribution in [2.45, 2.75) is 29.4 Å². The van der Waals surface area contributed by atoms with Gasteiger partial charge in [0.1, 0.15) is 27.0 Å². The fourth-order valence-corrected chi connectivity index (χ4v) is 9.25. The molecule has 0 aliphatic heterocycles. The second-order valence-corrected chi connectivity index (χ2v) is 16.0. The molecule has 0 aliphatic rings. The summed E-state index contributed by atoms with van der Waals surface area (Å²) < 4.78 is 75.0. The first-order valence-electron chi connectivity index (χ1n) is 17.0. The molecule has 5 aromatic carbocycles. The van der Waals surface area contributed by atoms with Crippen molar-refractivity contribution in [3.8, 4) is 39.8 Å². The van der Waals surface area contributed by atoms with Crippen LogP contribution in [0, 0.1) is 0 Å². The van der Waals surface area contributed by atoms with Crippen molar-refractivity contribution in [1.82, 2.24) is 34.5 Å². The van der Waals surface area contributed by atoms with Crippen molar-refractivity contribution >= 4 is 37.0 Å². The van der Waals surface area contributed by atoms with Gasteiger partial charge in [-0.1, -0.05) is 54.6 Å². The summed E-state index contributed by atoms with van der Waals surface area (Å²) in [5, 5.41) is 19.0. The molecule has 56 heavy (non-hydrogen) atoms. The van der Waals surface area contributed by atoms with Crippen LogP contribution in [-0.4, -0.2) is 72.6 Å². The minimum absolute atomic E-state index is 0.122. The monoisotopic (exact) mass is 795 g/mol. The lowest BCUT2D eigenvalue weighted by molar-refractivity contribution is 0.396. The van der Waals surface area contributed by atoms with E-state index in [0.717, 1.165) is 11.6 Å². The smallest absolute Gasteiger partial charge is 0.245 e. The predicted octanol–water partition coefficient (Wildman–Crippen LogP) is 4.58. The Kier molecular flexibility index (Phi) is 10.5. The van der Waals surface area contributed by atoms with Crippen molar-refractivity contribution in [3.63, 3.8) is 0 Å². The Morgan fingerprint density at radius 3 is 1.80 bits per heavy atom. The Labute approximate surface area is 322 Å². The maximum Gasteiger partial charge on any atom is 0.245 e. The molecule has 7 rings (SSSR count). The number of ether oxygens (including phenoxy) is 3. The lowest BCUT2D eigenvalue weighted by Gasteiger charge is -2.26. The number of benzene rings is 5. The molecule has 16 nitrogen and oxygen atoms in total. The van der Waals surface area contributed by atoms with E-state index in [9.17, 15) is 8.42 Å². The number of sulfonamides is 2. The van der Waals surface area contributed by atoms with Gasteiger partial charge >= 0.3 is 0 Å². The molecule has 5 N–H and O–H groups in total. The third-order valence-electron chi connectivity index (χ3n) is 9.04. The summed E-state index contributed by atoms with van der Waals surface area (Å²) in [5.41, 5.74) is 9.51. The van der Waals surface area contributed by atoms with E-state index in [4.69, 9.17) is 25.1 Å². The van der Waals surface area contributed by atoms with E-state index >= 15 is 8.42 Å². The van der Waals surface area contributed by atoms with Gasteiger partial charge in [-0.25, -0.2) is 27.0 Å². The van der Waals surface area contributed by atoms with Crippen molar-refractivity contribution in [2.75, 3.05) is 27.1 Å². The van der Waals surface area contributed by atoms with E-state index in [1.807, 2.05) is 12.1 Å². The second-order valence-electron chi connectivity index (χ2n) is 12.6. The zero-order valence-electron chi connectivity index (χ0n) is 30.4. The number of nitrogen functional groups attached to an aromatic ring is 1. The number of tetrazole rings is 1. The van der Waals surface area contributed by atoms with Crippen molar-refractivity contribution in [2.24, 2.45) is 5.14 Å². The summed E-state index contributed by atoms with van der Waals surface area (Å²) in [5.74, 6) is 1.74. The number of methoxy groups -OCH3 is 3. The molecule has 2 aromatic heterocycles. The zero-order valence-corrected chi connectivity index (χ0v) is 32.1. The summed E-state index contributed by atoms with van der Waals surface area (Å²) in [7, 11) is -4.92. The van der Waals surface area contributed by atoms with Crippen LogP contribution in [0.25, 0.3) is 33.5 Å². The molecule has 0 spiro atoms. The van der Waals surface area contributed by atoms with Crippen LogP contribution in [0.1, 0.15) is 16.7 Å². The molecule has 0 saturated carbocycles. The van der Waals surface area contributed by atoms with E-state index in [-0.39, 0.29) is 42.5 Å². The Morgan fingerprint density at radius 2 is 1.27 bits per heavy atom. The number of aromatic amines is 1. The number of nitrogens with one attached hydrogen (secondary N) is 1. The number of H-pyrrole nitrogens is 1. The third-order valence-corrected chi connectivity index (χ3v) is 12.0. The number of hydrogen-bond acceptors (Lipinski definition) is 12. The predicted molar refractivity (Wildman–Crippen MR) is 209 cm³/mol. The molecule has 0 saturated heterocycles. The molecule has 0 amide bonds. The van der Waals surface area contributed by atoms with Crippen LogP contribution in [0.2, 0.25) is 0 Å². The highest BCUT2D eigenvalue weighted by Crippen LogP contribution is 2.42. The van der Waals surface area contributed by atoms with Gasteiger partial charge in [0.05, 0.1) is 44.5 Å². The van der Waals surface area contributed by atoms with Crippen molar-refractivity contribution in [3.05, 3.63) is 120 Å². The standard InChI is InChI=1S/C38H37N9O7S2/c1-52-27-13-7-24(8-14-27)21-46(22-25-9-15-28(53-2)16-10-25)56(50,51)36-33(55(40,48)49)20-19-30(31-5-4-6-32-35(31)42-38(39)41-32)34(36)37-43-45-47(44-37)23-26-11-17-29(54-3)18-12-26/h4-20H,21-23H2,1-3H3,(H3,39,41,42)(H2,40,48,49). The van der Waals surface area contributed by atoms with Crippen LogP contribution in [0.5, 0.6) is 17.2 Å². The van der Waals surface area contributed by atoms with Gasteiger partial charge < -0.3 is 24.9 Å². The van der Waals surface area contributed by atoms with Crippen LogP contribution in [0.4, 0.5) is 5.95 Å². The quantitative estimate of drug-likeness (QED) is 0.138. The summed E-state index contributed by atoms with van der Waals surface area (Å²) in [6, 6.07) is 28.7. The number of aromatic nitrogens is 6. The van der Waals surface area contributed by atoms with Gasteiger partial charge in [0.2, 0.25) is 25.9 Å². The fourth-order valence-electron chi connectivity index (χ4n) is 6.29. The van der Waals surface area contributed by atoms with Gasteiger partial charge in [0, 0.05) is 18.7 Å². The molecule has 2 heterocycles. The van der Waals surface area contributed by atoms with E-state index in [0.29, 0.717) is 45.0 Å². The molecule has 0 fully saturated rings. The minimum atomic E-state index is -4.83. The maximum absolute atomic E-state index is 15.5. The molecule has 288 valence electrons. The molecule has 0 aliphatic carbocycles. The number of anilines is 1. The number of rotatable bonds is 14. The summed E-state index contributed by atoms with van der Waals surface area (Å²) >= 11 is 0. The highest BCUT2D eigenvalue weighted by atomic mass is 32.2. The van der Waals surface area contributed by atoms with Gasteiger partial charge in [-0.05, 0) is 76.0 Å². The highest BCUT2D eigenvalue weighted by Gasteiger charge is 2.37. The van der Waals surface area contributed by atoms with Crippen LogP contribution in [0.3, 0.4) is 0 Å². The Morgan fingerprint density at radius 1 is 0.714 bits per heavy atom. The summed E-state index contributed by atoms with van der Waals surface area (Å²) in [6.07, 6.45) is 0. The van der Waals surface area contributed by atoms with E-state index in [2.05, 4.69) is 25.4 Å². The average molecular weight is 796 g/mol. The molecule has 0 bridgehead atoms. The Hall–Kier alpha value is -6.34. The van der Waals surface area contributed by atoms with Crippen LogP contribution >= 0.6 is 0 Å². The van der Waals surface area contributed by atoms with Gasteiger partial charge in [-0.3, -0.25) is 0 Å². The highest BCUT2D eigenvalue weighted by molar-refractivity contribution is 7.92. The summed E-state index contributed by atoms with van der Waals surface area (Å²) in [6.45, 7) is -0.194. The number of para-hydroxylation sites is 1. The number of hydrogen-bond donors (Lipinski definition) is 3. The van der Waals surface area contributed by atoms with Crippen molar-refractivity contribution < 1.29 is 31.0 Å². The third kappa shape index (κ3) is 7.76. The zero-order chi connectivity index (χ0) is 39.6. The first-order valence-corrected chi connectivity index (χ1v) is 20.0. The SMILES string of the molecule is COc1ccc(CN(Cc2ccc(OC)cc2)S(=O)(=O)c2c(S(N)(=O)=O)ccc(-c3cccc4[nH]c(N)nc34)c2-c2nnn(Cc3ccc(OC)cc3)n2)cc1. The first kappa shape index (κ1) is 38.0. The van der Waals surface area contributed by atoms with Gasteiger partial charge in [0.15, 0.2) is 5.95 Å². The molecule has 0 atom stereocenters. The van der Waals surface area contributed by atoms with Crippen LogP contribution in [0.15, 0.2) is 113 Å². The number of fused-ring (bicyclic) bond motifs is 1. The van der Waals surface area contributed by atoms with E-state index in [1.165, 1.54) is 29.4 Å². The average Bonchev–Trinajstić information content (AvgIpc) is 3.83. The number of primary sulfonamides is 1. The van der Waals surface area contributed by atoms with Crippen molar-refractivity contribution in [1.29, 1.82) is 0 Å². The molecule has 7 aromatic rings. The Balaban J connectivity index is 1.48. The Bertz CT molecular complexity index is 2690. The van der Waals surface area contributed by atoms with Gasteiger partial charge in [0.25, 0.3) is 0 Å². The van der Waals surface area contributed by atoms with Crippen LogP contribution < -0.4 is 25.1 Å². The van der Waals surface area contributed by atoms with Gasteiger partial charge in [-0.15, -0.1) is 10.2 Å². The van der Waals surface area contributed by atoms with Crippen LogP contribution in [-0.2, 0) is 39.7 Å². The fraction of sp³-hybridized carbons (Fsp3) is 0.158. The molecular weight excluding hydrogens is 759 g/mol. The number of imidazole rings is 1. The second kappa shape index (κ2) is 15.4. The molecule has 18 heteroatoms. The van der Waals surface area contributed by atoms with E-state index < -0.39 is 29.8 Å². The number of nitrogens with zero attached hydrogens (tertiary/aromatic N) is 6.